The van der Waals surface area contributed by atoms with E-state index in [1.807, 2.05) is 18.2 Å². The van der Waals surface area contributed by atoms with Crippen LogP contribution in [-0.2, 0) is 6.54 Å². The molecule has 3 heteroatoms. The van der Waals surface area contributed by atoms with Crippen molar-refractivity contribution in [2.45, 2.75) is 24.9 Å². The van der Waals surface area contributed by atoms with Gasteiger partial charge in [0.05, 0.1) is 17.7 Å². The van der Waals surface area contributed by atoms with Gasteiger partial charge in [-0.1, -0.05) is 84.9 Å². The molecule has 1 fully saturated rings. The lowest BCUT2D eigenvalue weighted by Gasteiger charge is -2.46. The highest BCUT2D eigenvalue weighted by molar-refractivity contribution is 5.39. The van der Waals surface area contributed by atoms with Gasteiger partial charge in [0.25, 0.3) is 0 Å². The maximum Gasteiger partial charge on any atom is 0.0995 e. The molecule has 0 unspecified atom stereocenters. The third kappa shape index (κ3) is 4.00. The molecule has 3 aromatic carbocycles. The van der Waals surface area contributed by atoms with E-state index < -0.39 is 0 Å². The first-order chi connectivity index (χ1) is 15.3. The summed E-state index contributed by atoms with van der Waals surface area (Å²) >= 11 is 0. The second kappa shape index (κ2) is 8.79. The summed E-state index contributed by atoms with van der Waals surface area (Å²) in [6.07, 6.45) is 3.52. The molecule has 0 saturated carbocycles. The van der Waals surface area contributed by atoms with Gasteiger partial charge in [-0.25, -0.2) is 0 Å². The summed E-state index contributed by atoms with van der Waals surface area (Å²) in [5.41, 5.74) is 6.06. The largest absolute Gasteiger partial charge is 0.368 e. The maximum absolute atomic E-state index is 9.55. The smallest absolute Gasteiger partial charge is 0.0995 e. The molecule has 2 aliphatic rings. The zero-order valence-electron chi connectivity index (χ0n) is 17.7. The van der Waals surface area contributed by atoms with Crippen LogP contribution in [0, 0.1) is 11.3 Å². The van der Waals surface area contributed by atoms with E-state index in [2.05, 4.69) is 88.7 Å². The summed E-state index contributed by atoms with van der Waals surface area (Å²) in [5.74, 6) is 0.304. The molecule has 154 valence electrons. The van der Waals surface area contributed by atoms with E-state index in [9.17, 15) is 5.26 Å². The quantitative estimate of drug-likeness (QED) is 0.587. The Hall–Kier alpha value is -3.35. The number of nitriles is 1. The minimum absolute atomic E-state index is 0.304. The lowest BCUT2D eigenvalue weighted by molar-refractivity contribution is 0.111. The summed E-state index contributed by atoms with van der Waals surface area (Å²) in [4.78, 5) is 5.16. The Bertz CT molecular complexity index is 1060. The molecule has 5 rings (SSSR count). The van der Waals surface area contributed by atoms with Crippen molar-refractivity contribution < 1.29 is 0 Å². The standard InChI is InChI=1S/C28H27N3/c29-18-24-14-7-8-15-25(24)19-30-20-26-16-9-17-31(26)27(21-30)28(22-10-3-1-4-11-22)23-12-5-2-6-13-23/h1-8,10-16,27-28H,9,17,19-21H2/t27-/m0/s1. The van der Waals surface area contributed by atoms with Gasteiger partial charge in [0.1, 0.15) is 0 Å². The Morgan fingerprint density at radius 1 is 0.871 bits per heavy atom. The van der Waals surface area contributed by atoms with Crippen LogP contribution in [0.5, 0.6) is 0 Å². The van der Waals surface area contributed by atoms with Crippen molar-refractivity contribution in [1.82, 2.24) is 9.80 Å². The van der Waals surface area contributed by atoms with Crippen molar-refractivity contribution in [1.29, 1.82) is 5.26 Å². The molecule has 0 bridgehead atoms. The normalized spacial score (nSPS) is 18.5. The van der Waals surface area contributed by atoms with Crippen molar-refractivity contribution in [2.24, 2.45) is 0 Å². The first-order valence-corrected chi connectivity index (χ1v) is 11.1. The molecule has 3 nitrogen and oxygen atoms in total. The molecule has 0 spiro atoms. The second-order valence-electron chi connectivity index (χ2n) is 8.48. The number of piperazine rings is 1. The van der Waals surface area contributed by atoms with E-state index in [1.165, 1.54) is 16.8 Å². The predicted molar refractivity (Wildman–Crippen MR) is 124 cm³/mol. The molecule has 0 N–H and O–H groups in total. The molecule has 2 heterocycles. The van der Waals surface area contributed by atoms with Crippen molar-refractivity contribution >= 4 is 0 Å². The molecular formula is C28H27N3. The lowest BCUT2D eigenvalue weighted by Crippen LogP contribution is -2.52. The fourth-order valence-corrected chi connectivity index (χ4v) is 5.19. The number of hydrogen-bond acceptors (Lipinski definition) is 3. The Balaban J connectivity index is 1.51. The van der Waals surface area contributed by atoms with E-state index in [-0.39, 0.29) is 0 Å². The first kappa shape index (κ1) is 19.6. The highest BCUT2D eigenvalue weighted by Gasteiger charge is 2.38. The fraction of sp³-hybridized carbons (Fsp3) is 0.250. The van der Waals surface area contributed by atoms with E-state index in [0.29, 0.717) is 12.0 Å². The zero-order chi connectivity index (χ0) is 21.0. The van der Waals surface area contributed by atoms with Crippen LogP contribution < -0.4 is 0 Å². The predicted octanol–water partition coefficient (Wildman–Crippen LogP) is 5.16. The van der Waals surface area contributed by atoms with Gasteiger partial charge in [0.2, 0.25) is 0 Å². The zero-order valence-corrected chi connectivity index (χ0v) is 17.7. The van der Waals surface area contributed by atoms with Crippen molar-refractivity contribution in [3.63, 3.8) is 0 Å². The topological polar surface area (TPSA) is 30.3 Å². The average Bonchev–Trinajstić information content (AvgIpc) is 3.30. The van der Waals surface area contributed by atoms with Crippen LogP contribution in [-0.4, -0.2) is 35.5 Å². The molecule has 0 amide bonds. The van der Waals surface area contributed by atoms with E-state index in [4.69, 9.17) is 0 Å². The van der Waals surface area contributed by atoms with Gasteiger partial charge < -0.3 is 4.90 Å². The van der Waals surface area contributed by atoms with Crippen molar-refractivity contribution in [3.05, 3.63) is 119 Å². The molecule has 3 aromatic rings. The molecule has 0 aromatic heterocycles. The lowest BCUT2D eigenvalue weighted by atomic mass is 9.83. The summed E-state index contributed by atoms with van der Waals surface area (Å²) in [6, 6.07) is 32.6. The monoisotopic (exact) mass is 405 g/mol. The average molecular weight is 406 g/mol. The molecular weight excluding hydrogens is 378 g/mol. The Morgan fingerprint density at radius 2 is 1.52 bits per heavy atom. The minimum Gasteiger partial charge on any atom is -0.368 e. The van der Waals surface area contributed by atoms with E-state index in [0.717, 1.165) is 43.7 Å². The van der Waals surface area contributed by atoms with E-state index in [1.54, 1.807) is 0 Å². The van der Waals surface area contributed by atoms with Crippen molar-refractivity contribution in [2.75, 3.05) is 19.6 Å². The van der Waals surface area contributed by atoms with Crippen LogP contribution in [0.3, 0.4) is 0 Å². The van der Waals surface area contributed by atoms with E-state index >= 15 is 0 Å². The van der Waals surface area contributed by atoms with Crippen molar-refractivity contribution in [3.8, 4) is 6.07 Å². The number of benzene rings is 3. The first-order valence-electron chi connectivity index (χ1n) is 11.1. The molecule has 2 aliphatic heterocycles. The van der Waals surface area contributed by atoms with Crippen LogP contribution >= 0.6 is 0 Å². The number of hydrogen-bond donors (Lipinski definition) is 0. The summed E-state index contributed by atoms with van der Waals surface area (Å²) in [6.45, 7) is 3.83. The van der Waals surface area contributed by atoms with Gasteiger partial charge in [0, 0.05) is 37.8 Å². The Labute approximate surface area is 184 Å². The van der Waals surface area contributed by atoms with Crippen LogP contribution in [0.2, 0.25) is 0 Å². The molecule has 31 heavy (non-hydrogen) atoms. The fourth-order valence-electron chi connectivity index (χ4n) is 5.19. The maximum atomic E-state index is 9.55. The molecule has 0 aliphatic carbocycles. The van der Waals surface area contributed by atoms with Gasteiger partial charge in [-0.2, -0.15) is 5.26 Å². The van der Waals surface area contributed by atoms with Crippen LogP contribution in [0.15, 0.2) is 96.7 Å². The van der Waals surface area contributed by atoms with Gasteiger partial charge in [-0.15, -0.1) is 0 Å². The highest BCUT2D eigenvalue weighted by atomic mass is 15.3. The van der Waals surface area contributed by atoms with Gasteiger partial charge in [0.15, 0.2) is 0 Å². The SMILES string of the molecule is N#Cc1ccccc1CN1CC2=CCCN2[C@H](C(c2ccccc2)c2ccccc2)C1. The molecule has 0 radical (unpaired) electrons. The number of rotatable bonds is 5. The Morgan fingerprint density at radius 3 is 2.19 bits per heavy atom. The third-order valence-electron chi connectivity index (χ3n) is 6.58. The number of nitrogens with zero attached hydrogens (tertiary/aromatic N) is 3. The second-order valence-corrected chi connectivity index (χ2v) is 8.48. The highest BCUT2D eigenvalue weighted by Crippen LogP contribution is 2.37. The summed E-state index contributed by atoms with van der Waals surface area (Å²) in [7, 11) is 0. The summed E-state index contributed by atoms with van der Waals surface area (Å²) < 4.78 is 0. The number of fused-ring (bicyclic) bond motifs is 1. The summed E-state index contributed by atoms with van der Waals surface area (Å²) in [5, 5.41) is 9.55. The third-order valence-corrected chi connectivity index (χ3v) is 6.58. The van der Waals surface area contributed by atoms with Crippen LogP contribution in [0.25, 0.3) is 0 Å². The van der Waals surface area contributed by atoms with Gasteiger partial charge >= 0.3 is 0 Å². The van der Waals surface area contributed by atoms with Crippen LogP contribution in [0.4, 0.5) is 0 Å². The van der Waals surface area contributed by atoms with Gasteiger partial charge in [-0.05, 0) is 29.2 Å². The van der Waals surface area contributed by atoms with Crippen LogP contribution in [0.1, 0.15) is 34.6 Å². The van der Waals surface area contributed by atoms with Gasteiger partial charge in [-0.3, -0.25) is 4.90 Å². The minimum atomic E-state index is 0.304. The molecule has 1 saturated heterocycles. The molecule has 1 atom stereocenters. The Kier molecular flexibility index (Phi) is 5.56.